The van der Waals surface area contributed by atoms with Gasteiger partial charge >= 0.3 is 0 Å². The number of methoxy groups -OCH3 is 1. The molecule has 3 heteroatoms. The Labute approximate surface area is 117 Å². The molecule has 0 radical (unpaired) electrons. The van der Waals surface area contributed by atoms with Gasteiger partial charge in [-0.1, -0.05) is 6.92 Å². The maximum absolute atomic E-state index is 6.17. The van der Waals surface area contributed by atoms with Crippen LogP contribution in [0.1, 0.15) is 45.4 Å². The zero-order valence-electron chi connectivity index (χ0n) is 12.5. The first kappa shape index (κ1) is 13.8. The van der Waals surface area contributed by atoms with Gasteiger partial charge in [0.1, 0.15) is 0 Å². The van der Waals surface area contributed by atoms with E-state index >= 15 is 0 Å². The molecule has 3 rings (SSSR count). The number of nitrogens with one attached hydrogen (secondary N) is 1. The summed E-state index contributed by atoms with van der Waals surface area (Å²) in [5.41, 5.74) is 0.363. The van der Waals surface area contributed by atoms with Gasteiger partial charge in [-0.2, -0.15) is 0 Å². The van der Waals surface area contributed by atoms with E-state index < -0.39 is 0 Å². The van der Waals surface area contributed by atoms with E-state index in [0.29, 0.717) is 17.4 Å². The third-order valence-corrected chi connectivity index (χ3v) is 5.52. The number of hydrogen-bond donors (Lipinski definition) is 1. The molecule has 1 heterocycles. The van der Waals surface area contributed by atoms with Crippen LogP contribution in [0.2, 0.25) is 0 Å². The van der Waals surface area contributed by atoms with Crippen LogP contribution in [-0.2, 0) is 9.47 Å². The van der Waals surface area contributed by atoms with Gasteiger partial charge in [0.2, 0.25) is 0 Å². The summed E-state index contributed by atoms with van der Waals surface area (Å²) in [5.74, 6) is 1.53. The Balaban J connectivity index is 1.68. The quantitative estimate of drug-likeness (QED) is 0.733. The van der Waals surface area contributed by atoms with E-state index in [0.717, 1.165) is 38.1 Å². The molecule has 19 heavy (non-hydrogen) atoms. The first-order chi connectivity index (χ1) is 9.26. The highest BCUT2D eigenvalue weighted by Gasteiger charge is 2.53. The van der Waals surface area contributed by atoms with Gasteiger partial charge in [-0.25, -0.2) is 0 Å². The lowest BCUT2D eigenvalue weighted by Crippen LogP contribution is -2.47. The van der Waals surface area contributed by atoms with Crippen LogP contribution in [-0.4, -0.2) is 39.0 Å². The molecule has 0 spiro atoms. The van der Waals surface area contributed by atoms with E-state index in [1.807, 2.05) is 7.11 Å². The van der Waals surface area contributed by atoms with Gasteiger partial charge in [0, 0.05) is 38.3 Å². The Hall–Kier alpha value is -0.120. The number of ether oxygens (including phenoxy) is 2. The average Bonchev–Trinajstić information content (AvgIpc) is 3.33. The molecule has 1 aliphatic heterocycles. The van der Waals surface area contributed by atoms with Crippen LogP contribution in [0, 0.1) is 17.3 Å². The molecule has 0 aromatic heterocycles. The van der Waals surface area contributed by atoms with Crippen LogP contribution in [0.4, 0.5) is 0 Å². The van der Waals surface area contributed by atoms with E-state index in [4.69, 9.17) is 9.47 Å². The third-order valence-electron chi connectivity index (χ3n) is 5.52. The number of rotatable bonds is 8. The summed E-state index contributed by atoms with van der Waals surface area (Å²) in [6.45, 7) is 5.41. The van der Waals surface area contributed by atoms with E-state index in [1.165, 1.54) is 32.1 Å². The van der Waals surface area contributed by atoms with Crippen LogP contribution in [0.15, 0.2) is 0 Å². The van der Waals surface area contributed by atoms with Crippen molar-refractivity contribution in [3.63, 3.8) is 0 Å². The molecular formula is C16H29NO2. The van der Waals surface area contributed by atoms with Gasteiger partial charge in [0.05, 0.1) is 6.10 Å². The predicted molar refractivity (Wildman–Crippen MR) is 76.2 cm³/mol. The van der Waals surface area contributed by atoms with Crippen LogP contribution >= 0.6 is 0 Å². The van der Waals surface area contributed by atoms with Crippen molar-refractivity contribution in [1.82, 2.24) is 5.32 Å². The Bertz CT molecular complexity index is 301. The normalized spacial score (nSPS) is 36.6. The molecule has 2 saturated carbocycles. The second kappa shape index (κ2) is 5.71. The van der Waals surface area contributed by atoms with E-state index in [2.05, 4.69) is 12.2 Å². The maximum Gasteiger partial charge on any atom is 0.0674 e. The van der Waals surface area contributed by atoms with Crippen molar-refractivity contribution in [2.24, 2.45) is 17.3 Å². The highest BCUT2D eigenvalue weighted by Crippen LogP contribution is 2.52. The second-order valence-corrected chi connectivity index (χ2v) is 6.95. The van der Waals surface area contributed by atoms with Crippen molar-refractivity contribution < 1.29 is 9.47 Å². The zero-order valence-corrected chi connectivity index (χ0v) is 12.5. The summed E-state index contributed by atoms with van der Waals surface area (Å²) in [4.78, 5) is 0. The van der Waals surface area contributed by atoms with Gasteiger partial charge in [0.15, 0.2) is 0 Å². The zero-order chi connectivity index (χ0) is 13.3. The predicted octanol–water partition coefficient (Wildman–Crippen LogP) is 2.60. The Kier molecular flexibility index (Phi) is 4.16. The average molecular weight is 267 g/mol. The first-order valence-corrected chi connectivity index (χ1v) is 8.10. The first-order valence-electron chi connectivity index (χ1n) is 8.10. The van der Waals surface area contributed by atoms with Crippen molar-refractivity contribution in [2.45, 2.75) is 57.6 Å². The van der Waals surface area contributed by atoms with Crippen molar-refractivity contribution in [1.29, 1.82) is 0 Å². The lowest BCUT2D eigenvalue weighted by molar-refractivity contribution is -0.00441. The molecule has 0 amide bonds. The molecule has 3 nitrogen and oxygen atoms in total. The van der Waals surface area contributed by atoms with Gasteiger partial charge in [-0.3, -0.25) is 0 Å². The van der Waals surface area contributed by atoms with E-state index in [1.54, 1.807) is 0 Å². The Morgan fingerprint density at radius 3 is 2.74 bits per heavy atom. The number of hydrogen-bond acceptors (Lipinski definition) is 3. The molecule has 3 fully saturated rings. The Morgan fingerprint density at radius 2 is 2.11 bits per heavy atom. The summed E-state index contributed by atoms with van der Waals surface area (Å²) in [6.07, 6.45) is 8.41. The summed E-state index contributed by atoms with van der Waals surface area (Å²) >= 11 is 0. The minimum atomic E-state index is 0.363. The smallest absolute Gasteiger partial charge is 0.0674 e. The standard InChI is InChI=1S/C16H29NO2/c1-12(7-9-18-2)16(11-17-14-5-6-14)8-10-19-15(16)13-3-4-13/h12-15,17H,3-11H2,1-2H3. The summed E-state index contributed by atoms with van der Waals surface area (Å²) in [5, 5.41) is 3.79. The molecule has 0 aromatic carbocycles. The molecule has 3 atom stereocenters. The van der Waals surface area contributed by atoms with Crippen LogP contribution < -0.4 is 5.32 Å². The summed E-state index contributed by atoms with van der Waals surface area (Å²) in [7, 11) is 1.81. The van der Waals surface area contributed by atoms with Gasteiger partial charge in [-0.05, 0) is 50.4 Å². The molecule has 0 aromatic rings. The fraction of sp³-hybridized carbons (Fsp3) is 1.00. The molecule has 3 unspecified atom stereocenters. The highest BCUT2D eigenvalue weighted by molar-refractivity contribution is 5.03. The summed E-state index contributed by atoms with van der Waals surface area (Å²) in [6, 6.07) is 0.798. The second-order valence-electron chi connectivity index (χ2n) is 6.95. The van der Waals surface area contributed by atoms with Crippen molar-refractivity contribution >= 4 is 0 Å². The largest absolute Gasteiger partial charge is 0.385 e. The topological polar surface area (TPSA) is 30.5 Å². The molecular weight excluding hydrogens is 238 g/mol. The minimum Gasteiger partial charge on any atom is -0.385 e. The Morgan fingerprint density at radius 1 is 1.32 bits per heavy atom. The minimum absolute atomic E-state index is 0.363. The monoisotopic (exact) mass is 267 g/mol. The lowest BCUT2D eigenvalue weighted by atomic mass is 9.68. The van der Waals surface area contributed by atoms with Crippen molar-refractivity contribution in [3.8, 4) is 0 Å². The fourth-order valence-corrected chi connectivity index (χ4v) is 3.78. The molecule has 3 aliphatic rings. The van der Waals surface area contributed by atoms with Crippen molar-refractivity contribution in [2.75, 3.05) is 26.9 Å². The molecule has 2 aliphatic carbocycles. The van der Waals surface area contributed by atoms with Crippen molar-refractivity contribution in [3.05, 3.63) is 0 Å². The maximum atomic E-state index is 6.17. The highest BCUT2D eigenvalue weighted by atomic mass is 16.5. The van der Waals surface area contributed by atoms with E-state index in [9.17, 15) is 0 Å². The van der Waals surface area contributed by atoms with Gasteiger partial charge in [0.25, 0.3) is 0 Å². The lowest BCUT2D eigenvalue weighted by Gasteiger charge is -2.40. The van der Waals surface area contributed by atoms with Crippen LogP contribution in [0.25, 0.3) is 0 Å². The fourth-order valence-electron chi connectivity index (χ4n) is 3.78. The third kappa shape index (κ3) is 2.98. The molecule has 0 bridgehead atoms. The van der Waals surface area contributed by atoms with Gasteiger partial charge in [-0.15, -0.1) is 0 Å². The summed E-state index contributed by atoms with van der Waals surface area (Å²) < 4.78 is 11.5. The van der Waals surface area contributed by atoms with E-state index in [-0.39, 0.29) is 0 Å². The van der Waals surface area contributed by atoms with Gasteiger partial charge < -0.3 is 14.8 Å². The van der Waals surface area contributed by atoms with Crippen LogP contribution in [0.3, 0.4) is 0 Å². The van der Waals surface area contributed by atoms with Crippen LogP contribution in [0.5, 0.6) is 0 Å². The molecule has 1 saturated heterocycles. The molecule has 1 N–H and O–H groups in total. The molecule has 110 valence electrons. The SMILES string of the molecule is COCCC(C)C1(CNC2CC2)CCOC1C1CC1.